The van der Waals surface area contributed by atoms with Gasteiger partial charge in [0.25, 0.3) is 0 Å². The van der Waals surface area contributed by atoms with Gasteiger partial charge >= 0.3 is 0 Å². The SMILES string of the molecule is CCc1ccc(CC(O)Cc2cccc(Cl)c2F)nc1. The summed E-state index contributed by atoms with van der Waals surface area (Å²) in [5, 5.41) is 10.1. The van der Waals surface area contributed by atoms with E-state index >= 15 is 0 Å². The van der Waals surface area contributed by atoms with Gasteiger partial charge in [0, 0.05) is 24.7 Å². The van der Waals surface area contributed by atoms with Crippen molar-refractivity contribution in [3.05, 3.63) is 64.2 Å². The molecule has 0 saturated carbocycles. The molecule has 1 aromatic heterocycles. The highest BCUT2D eigenvalue weighted by atomic mass is 35.5. The van der Waals surface area contributed by atoms with Crippen molar-refractivity contribution in [1.29, 1.82) is 0 Å². The fourth-order valence-corrected chi connectivity index (χ4v) is 2.25. The Balaban J connectivity index is 2.01. The van der Waals surface area contributed by atoms with Crippen LogP contribution >= 0.6 is 11.6 Å². The zero-order valence-corrected chi connectivity index (χ0v) is 12.1. The van der Waals surface area contributed by atoms with Crippen LogP contribution in [0.1, 0.15) is 23.7 Å². The maximum absolute atomic E-state index is 13.7. The monoisotopic (exact) mass is 293 g/mol. The molecule has 1 aromatic carbocycles. The van der Waals surface area contributed by atoms with Gasteiger partial charge in [-0.2, -0.15) is 0 Å². The van der Waals surface area contributed by atoms with Gasteiger partial charge in [0.2, 0.25) is 0 Å². The molecule has 106 valence electrons. The van der Waals surface area contributed by atoms with Gasteiger partial charge in [-0.25, -0.2) is 4.39 Å². The maximum Gasteiger partial charge on any atom is 0.145 e. The quantitative estimate of drug-likeness (QED) is 0.914. The zero-order valence-electron chi connectivity index (χ0n) is 11.3. The smallest absolute Gasteiger partial charge is 0.145 e. The minimum atomic E-state index is -0.678. The zero-order chi connectivity index (χ0) is 14.5. The summed E-state index contributed by atoms with van der Waals surface area (Å²) in [5.74, 6) is -0.456. The lowest BCUT2D eigenvalue weighted by molar-refractivity contribution is 0.173. The lowest BCUT2D eigenvalue weighted by Gasteiger charge is -2.11. The number of nitrogens with zero attached hydrogens (tertiary/aromatic N) is 1. The Hall–Kier alpha value is -1.45. The number of aliphatic hydroxyl groups excluding tert-OH is 1. The molecule has 0 fully saturated rings. The minimum absolute atomic E-state index is 0.0834. The van der Waals surface area contributed by atoms with Crippen LogP contribution in [0, 0.1) is 5.82 Å². The van der Waals surface area contributed by atoms with Crippen LogP contribution in [-0.2, 0) is 19.3 Å². The molecule has 0 amide bonds. The third-order valence-electron chi connectivity index (χ3n) is 3.23. The summed E-state index contributed by atoms with van der Waals surface area (Å²) in [6, 6.07) is 8.71. The first kappa shape index (κ1) is 14.9. The standard InChI is InChI=1S/C16H17ClFNO/c1-2-11-6-7-13(19-10-11)9-14(20)8-12-4-3-5-15(17)16(12)18/h3-7,10,14,20H,2,8-9H2,1H3. The Bertz CT molecular complexity index is 571. The Kier molecular flexibility index (Phi) is 5.10. The van der Waals surface area contributed by atoms with Crippen LogP contribution in [-0.4, -0.2) is 16.2 Å². The second-order valence-electron chi connectivity index (χ2n) is 4.79. The third-order valence-corrected chi connectivity index (χ3v) is 3.52. The summed E-state index contributed by atoms with van der Waals surface area (Å²) in [6.45, 7) is 2.06. The number of halogens is 2. The van der Waals surface area contributed by atoms with E-state index in [1.165, 1.54) is 6.07 Å². The number of benzene rings is 1. The van der Waals surface area contributed by atoms with E-state index in [0.29, 0.717) is 12.0 Å². The number of aromatic nitrogens is 1. The Morgan fingerprint density at radius 3 is 2.70 bits per heavy atom. The normalized spacial score (nSPS) is 12.4. The van der Waals surface area contributed by atoms with Crippen molar-refractivity contribution in [2.24, 2.45) is 0 Å². The second-order valence-corrected chi connectivity index (χ2v) is 5.19. The van der Waals surface area contributed by atoms with Crippen LogP contribution in [0.2, 0.25) is 5.02 Å². The molecule has 0 aliphatic carbocycles. The average molecular weight is 294 g/mol. The van der Waals surface area contributed by atoms with Crippen LogP contribution in [0.15, 0.2) is 36.5 Å². The molecule has 1 heterocycles. The van der Waals surface area contributed by atoms with Crippen molar-refractivity contribution in [1.82, 2.24) is 4.98 Å². The molecule has 0 bridgehead atoms. The van der Waals surface area contributed by atoms with Crippen LogP contribution < -0.4 is 0 Å². The van der Waals surface area contributed by atoms with E-state index < -0.39 is 11.9 Å². The van der Waals surface area contributed by atoms with E-state index in [1.54, 1.807) is 12.1 Å². The fourth-order valence-electron chi connectivity index (χ4n) is 2.06. The van der Waals surface area contributed by atoms with Crippen molar-refractivity contribution < 1.29 is 9.50 Å². The number of rotatable bonds is 5. The summed E-state index contributed by atoms with van der Waals surface area (Å²) in [4.78, 5) is 4.29. The molecule has 0 saturated heterocycles. The lowest BCUT2D eigenvalue weighted by atomic mass is 10.0. The third kappa shape index (κ3) is 3.78. The molecular formula is C16H17ClFNO. The Labute approximate surface area is 123 Å². The van der Waals surface area contributed by atoms with E-state index in [2.05, 4.69) is 11.9 Å². The fraction of sp³-hybridized carbons (Fsp3) is 0.312. The van der Waals surface area contributed by atoms with Crippen LogP contribution in [0.4, 0.5) is 4.39 Å². The largest absolute Gasteiger partial charge is 0.392 e. The van der Waals surface area contributed by atoms with Gasteiger partial charge in [0.15, 0.2) is 0 Å². The van der Waals surface area contributed by atoms with Crippen molar-refractivity contribution in [2.45, 2.75) is 32.3 Å². The number of aliphatic hydroxyl groups is 1. The molecule has 1 unspecified atom stereocenters. The van der Waals surface area contributed by atoms with Crippen molar-refractivity contribution >= 4 is 11.6 Å². The predicted molar refractivity (Wildman–Crippen MR) is 78.4 cm³/mol. The summed E-state index contributed by atoms with van der Waals surface area (Å²) >= 11 is 5.72. The predicted octanol–water partition coefficient (Wildman–Crippen LogP) is 3.58. The average Bonchev–Trinajstić information content (AvgIpc) is 2.45. The number of aryl methyl sites for hydroxylation is 1. The van der Waals surface area contributed by atoms with E-state index in [1.807, 2.05) is 18.3 Å². The van der Waals surface area contributed by atoms with Gasteiger partial charge in [-0.1, -0.05) is 36.7 Å². The van der Waals surface area contributed by atoms with E-state index in [4.69, 9.17) is 11.6 Å². The number of pyridine rings is 1. The van der Waals surface area contributed by atoms with Gasteiger partial charge < -0.3 is 5.11 Å². The highest BCUT2D eigenvalue weighted by Gasteiger charge is 2.12. The molecule has 2 rings (SSSR count). The van der Waals surface area contributed by atoms with Crippen LogP contribution in [0.25, 0.3) is 0 Å². The Morgan fingerprint density at radius 1 is 1.25 bits per heavy atom. The summed E-state index contributed by atoms with van der Waals surface area (Å²) in [7, 11) is 0. The molecule has 1 atom stereocenters. The first-order valence-electron chi connectivity index (χ1n) is 6.65. The van der Waals surface area contributed by atoms with Gasteiger partial charge in [-0.3, -0.25) is 4.98 Å². The summed E-state index contributed by atoms with van der Waals surface area (Å²) < 4.78 is 13.7. The molecule has 4 heteroatoms. The first-order valence-corrected chi connectivity index (χ1v) is 7.02. The van der Waals surface area contributed by atoms with Gasteiger partial charge in [0.1, 0.15) is 5.82 Å². The highest BCUT2D eigenvalue weighted by Crippen LogP contribution is 2.19. The molecule has 20 heavy (non-hydrogen) atoms. The van der Waals surface area contributed by atoms with E-state index in [0.717, 1.165) is 17.7 Å². The topological polar surface area (TPSA) is 33.1 Å². The van der Waals surface area contributed by atoms with Gasteiger partial charge in [-0.15, -0.1) is 0 Å². The molecule has 2 nitrogen and oxygen atoms in total. The van der Waals surface area contributed by atoms with E-state index in [9.17, 15) is 9.50 Å². The van der Waals surface area contributed by atoms with Gasteiger partial charge in [0.05, 0.1) is 11.1 Å². The second kappa shape index (κ2) is 6.82. The Morgan fingerprint density at radius 2 is 2.05 bits per heavy atom. The van der Waals surface area contributed by atoms with Crippen LogP contribution in [0.3, 0.4) is 0 Å². The van der Waals surface area contributed by atoms with Crippen molar-refractivity contribution in [3.8, 4) is 0 Å². The maximum atomic E-state index is 13.7. The first-order chi connectivity index (χ1) is 9.60. The summed E-state index contributed by atoms with van der Waals surface area (Å²) in [5.41, 5.74) is 2.39. The van der Waals surface area contributed by atoms with Crippen molar-refractivity contribution in [3.63, 3.8) is 0 Å². The molecule has 0 aliphatic heterocycles. The minimum Gasteiger partial charge on any atom is -0.392 e. The molecule has 2 aromatic rings. The molecular weight excluding hydrogens is 277 g/mol. The van der Waals surface area contributed by atoms with E-state index in [-0.39, 0.29) is 11.4 Å². The van der Waals surface area contributed by atoms with Crippen LogP contribution in [0.5, 0.6) is 0 Å². The number of hydrogen-bond donors (Lipinski definition) is 1. The van der Waals surface area contributed by atoms with Crippen molar-refractivity contribution in [2.75, 3.05) is 0 Å². The molecule has 0 radical (unpaired) electrons. The number of hydrogen-bond acceptors (Lipinski definition) is 2. The summed E-state index contributed by atoms with van der Waals surface area (Å²) in [6.07, 6.45) is 2.69. The highest BCUT2D eigenvalue weighted by molar-refractivity contribution is 6.30. The molecule has 1 N–H and O–H groups in total. The van der Waals surface area contributed by atoms with Gasteiger partial charge in [-0.05, 0) is 29.7 Å². The lowest BCUT2D eigenvalue weighted by Crippen LogP contribution is -2.15. The molecule has 0 spiro atoms. The molecule has 0 aliphatic rings.